The summed E-state index contributed by atoms with van der Waals surface area (Å²) < 4.78 is 0. The molecule has 0 aromatic rings. The fourth-order valence-electron chi connectivity index (χ4n) is 2.59. The van der Waals surface area contributed by atoms with E-state index in [1.165, 1.54) is 0 Å². The number of carboxylic acids is 1. The molecule has 1 N–H and O–H groups in total. The van der Waals surface area contributed by atoms with E-state index in [-0.39, 0.29) is 5.92 Å². The lowest BCUT2D eigenvalue weighted by Gasteiger charge is -2.07. The van der Waals surface area contributed by atoms with Crippen molar-refractivity contribution in [2.24, 2.45) is 17.3 Å². The summed E-state index contributed by atoms with van der Waals surface area (Å²) in [4.78, 5) is 21.5. The minimum atomic E-state index is -1.10. The third-order valence-electron chi connectivity index (χ3n) is 3.40. The van der Waals surface area contributed by atoms with Crippen molar-refractivity contribution in [1.82, 2.24) is 0 Å². The van der Waals surface area contributed by atoms with Crippen LogP contribution in [0.25, 0.3) is 0 Å². The number of rotatable bonds is 5. The third-order valence-corrected chi connectivity index (χ3v) is 3.40. The van der Waals surface area contributed by atoms with Gasteiger partial charge in [0.1, 0.15) is 5.41 Å². The first-order valence-electron chi connectivity index (χ1n) is 5.24. The Labute approximate surface area is 88.6 Å². The molecule has 1 aliphatic rings. The summed E-state index contributed by atoms with van der Waals surface area (Å²) in [5.41, 5.74) is -1.10. The summed E-state index contributed by atoms with van der Waals surface area (Å²) in [6.45, 7) is 5.63. The summed E-state index contributed by atoms with van der Waals surface area (Å²) in [6.07, 6.45) is 0.956. The molecule has 0 aromatic heterocycles. The highest BCUT2D eigenvalue weighted by Crippen LogP contribution is 2.59. The number of aliphatic carboxylic acids is 1. The van der Waals surface area contributed by atoms with E-state index in [9.17, 15) is 14.9 Å². The van der Waals surface area contributed by atoms with Crippen molar-refractivity contribution in [3.63, 3.8) is 0 Å². The number of carbonyl (C=O) groups is 1. The average Bonchev–Trinajstić information content (AvgIpc) is 2.72. The van der Waals surface area contributed by atoms with Crippen LogP contribution in [0, 0.1) is 27.4 Å². The zero-order chi connectivity index (χ0) is 11.8. The maximum Gasteiger partial charge on any atom is 0.317 e. The van der Waals surface area contributed by atoms with E-state index >= 15 is 0 Å². The molecule has 1 aliphatic carbocycles. The molecule has 0 spiro atoms. The highest BCUT2D eigenvalue weighted by atomic mass is 16.6. The second-order valence-corrected chi connectivity index (χ2v) is 4.67. The first-order chi connectivity index (χ1) is 6.87. The van der Waals surface area contributed by atoms with Crippen LogP contribution in [0.4, 0.5) is 0 Å². The van der Waals surface area contributed by atoms with Crippen molar-refractivity contribution in [3.8, 4) is 0 Å². The second-order valence-electron chi connectivity index (χ2n) is 4.67. The summed E-state index contributed by atoms with van der Waals surface area (Å²) >= 11 is 0. The minimum absolute atomic E-state index is 0.296. The van der Waals surface area contributed by atoms with Crippen molar-refractivity contribution in [2.45, 2.75) is 39.7 Å². The van der Waals surface area contributed by atoms with Gasteiger partial charge in [0.2, 0.25) is 6.04 Å². The Kier molecular flexibility index (Phi) is 3.02. The van der Waals surface area contributed by atoms with Gasteiger partial charge >= 0.3 is 5.97 Å². The van der Waals surface area contributed by atoms with Crippen LogP contribution < -0.4 is 0 Å². The largest absolute Gasteiger partial charge is 0.481 e. The standard InChI is InChI=1S/C10H17NO4/c1-4-10(9(12)13)7(5-6(2)3)8(10)11(14)15/h6-8H,4-5H2,1-3H3,(H,12,13). The van der Waals surface area contributed by atoms with Gasteiger partial charge in [0.15, 0.2) is 0 Å². The maximum absolute atomic E-state index is 11.1. The van der Waals surface area contributed by atoms with Gasteiger partial charge in [-0.1, -0.05) is 20.8 Å². The van der Waals surface area contributed by atoms with Crippen molar-refractivity contribution < 1.29 is 14.8 Å². The molecule has 1 saturated carbocycles. The van der Waals surface area contributed by atoms with Crippen molar-refractivity contribution in [1.29, 1.82) is 0 Å². The quantitative estimate of drug-likeness (QED) is 0.560. The molecule has 0 amide bonds. The van der Waals surface area contributed by atoms with Crippen LogP contribution in [-0.4, -0.2) is 22.0 Å². The Bertz CT molecular complexity index is 289. The lowest BCUT2D eigenvalue weighted by Crippen LogP contribution is -2.22. The molecule has 3 unspecified atom stereocenters. The highest BCUT2D eigenvalue weighted by Gasteiger charge is 2.77. The van der Waals surface area contributed by atoms with Crippen LogP contribution in [-0.2, 0) is 4.79 Å². The Hall–Kier alpha value is -1.13. The molecule has 0 aliphatic heterocycles. The molecule has 1 fully saturated rings. The molecule has 5 nitrogen and oxygen atoms in total. The van der Waals surface area contributed by atoms with Gasteiger partial charge in [0.05, 0.1) is 5.92 Å². The molecular weight excluding hydrogens is 198 g/mol. The van der Waals surface area contributed by atoms with Gasteiger partial charge < -0.3 is 5.11 Å². The number of carboxylic acid groups (broad SMARTS) is 1. The van der Waals surface area contributed by atoms with Crippen LogP contribution in [0.15, 0.2) is 0 Å². The SMILES string of the molecule is CCC1(C(=O)O)C(CC(C)C)C1[N+](=O)[O-]. The lowest BCUT2D eigenvalue weighted by molar-refractivity contribution is -0.504. The van der Waals surface area contributed by atoms with Gasteiger partial charge in [-0.15, -0.1) is 0 Å². The molecule has 0 radical (unpaired) electrons. The fourth-order valence-corrected chi connectivity index (χ4v) is 2.59. The van der Waals surface area contributed by atoms with Crippen LogP contribution in [0.1, 0.15) is 33.6 Å². The average molecular weight is 215 g/mol. The predicted octanol–water partition coefficient (Wildman–Crippen LogP) is 1.79. The van der Waals surface area contributed by atoms with E-state index in [1.54, 1.807) is 6.92 Å². The van der Waals surface area contributed by atoms with Crippen LogP contribution in [0.5, 0.6) is 0 Å². The van der Waals surface area contributed by atoms with Crippen molar-refractivity contribution in [2.75, 3.05) is 0 Å². The van der Waals surface area contributed by atoms with E-state index in [4.69, 9.17) is 5.11 Å². The lowest BCUT2D eigenvalue weighted by atomic mass is 9.95. The van der Waals surface area contributed by atoms with Crippen LogP contribution >= 0.6 is 0 Å². The van der Waals surface area contributed by atoms with Gasteiger partial charge in [0.25, 0.3) is 0 Å². The summed E-state index contributed by atoms with van der Waals surface area (Å²) in [5.74, 6) is -1.02. The summed E-state index contributed by atoms with van der Waals surface area (Å²) in [7, 11) is 0. The zero-order valence-electron chi connectivity index (χ0n) is 9.27. The second kappa shape index (κ2) is 3.79. The van der Waals surface area contributed by atoms with Crippen LogP contribution in [0.3, 0.4) is 0 Å². The molecule has 0 bridgehead atoms. The Morgan fingerprint density at radius 1 is 1.60 bits per heavy atom. The van der Waals surface area contributed by atoms with Gasteiger partial charge in [0, 0.05) is 4.92 Å². The van der Waals surface area contributed by atoms with E-state index in [0.29, 0.717) is 18.8 Å². The molecule has 5 heteroatoms. The number of hydrogen-bond acceptors (Lipinski definition) is 3. The monoisotopic (exact) mass is 215 g/mol. The first kappa shape index (κ1) is 11.9. The third kappa shape index (κ3) is 1.70. The summed E-state index contributed by atoms with van der Waals surface area (Å²) in [5, 5.41) is 19.9. The maximum atomic E-state index is 11.1. The number of nitro groups is 1. The van der Waals surface area contributed by atoms with E-state index in [0.717, 1.165) is 0 Å². The van der Waals surface area contributed by atoms with Crippen LogP contribution in [0.2, 0.25) is 0 Å². The molecule has 3 atom stereocenters. The van der Waals surface area contributed by atoms with Gasteiger partial charge in [-0.25, -0.2) is 0 Å². The molecule has 1 rings (SSSR count). The van der Waals surface area contributed by atoms with E-state index in [2.05, 4.69) is 0 Å². The number of nitrogens with zero attached hydrogens (tertiary/aromatic N) is 1. The first-order valence-corrected chi connectivity index (χ1v) is 5.24. The van der Waals surface area contributed by atoms with Gasteiger partial charge in [-0.05, 0) is 18.8 Å². The molecular formula is C10H17NO4. The molecule has 86 valence electrons. The van der Waals surface area contributed by atoms with E-state index in [1.807, 2.05) is 13.8 Å². The van der Waals surface area contributed by atoms with Crippen molar-refractivity contribution in [3.05, 3.63) is 10.1 Å². The molecule has 15 heavy (non-hydrogen) atoms. The van der Waals surface area contributed by atoms with Gasteiger partial charge in [-0.2, -0.15) is 0 Å². The smallest absolute Gasteiger partial charge is 0.317 e. The van der Waals surface area contributed by atoms with Crippen molar-refractivity contribution >= 4 is 5.97 Å². The van der Waals surface area contributed by atoms with E-state index < -0.39 is 22.3 Å². The zero-order valence-corrected chi connectivity index (χ0v) is 9.27. The molecule has 0 aromatic carbocycles. The highest BCUT2D eigenvalue weighted by molar-refractivity contribution is 5.80. The topological polar surface area (TPSA) is 80.4 Å². The predicted molar refractivity (Wildman–Crippen MR) is 54.1 cm³/mol. The Morgan fingerprint density at radius 2 is 2.13 bits per heavy atom. The summed E-state index contributed by atoms with van der Waals surface area (Å²) in [6, 6.07) is -0.887. The molecule has 0 saturated heterocycles. The Morgan fingerprint density at radius 3 is 2.33 bits per heavy atom. The number of hydrogen-bond donors (Lipinski definition) is 1. The normalized spacial score (nSPS) is 34.1. The minimum Gasteiger partial charge on any atom is -0.481 e. The fraction of sp³-hybridized carbons (Fsp3) is 0.900. The Balaban J connectivity index is 2.88. The molecule has 0 heterocycles. The van der Waals surface area contributed by atoms with Gasteiger partial charge in [-0.3, -0.25) is 14.9 Å².